The van der Waals surface area contributed by atoms with Gasteiger partial charge in [0.05, 0.1) is 26.2 Å². The third kappa shape index (κ3) is 6.42. The van der Waals surface area contributed by atoms with Crippen molar-refractivity contribution in [3.63, 3.8) is 0 Å². The molecule has 2 amide bonds. The highest BCUT2D eigenvalue weighted by molar-refractivity contribution is 9.10. The molecule has 2 atom stereocenters. The van der Waals surface area contributed by atoms with Crippen LogP contribution < -0.4 is 4.74 Å². The Morgan fingerprint density at radius 2 is 1.97 bits per heavy atom. The minimum Gasteiger partial charge on any atom is -0.490 e. The van der Waals surface area contributed by atoms with Gasteiger partial charge in [-0.05, 0) is 18.2 Å². The average Bonchev–Trinajstić information content (AvgIpc) is 2.74. The second kappa shape index (κ2) is 10.9. The Hall–Kier alpha value is -1.64. The highest BCUT2D eigenvalue weighted by Crippen LogP contribution is 2.28. The number of nitrogens with zero attached hydrogens (tertiary/aromatic N) is 2. The number of carbonyl (C=O) groups excluding carboxylic acids is 2. The van der Waals surface area contributed by atoms with Gasteiger partial charge < -0.3 is 24.0 Å². The number of morpholine rings is 1. The van der Waals surface area contributed by atoms with Crippen molar-refractivity contribution < 1.29 is 23.8 Å². The number of benzene rings is 1. The smallest absolute Gasteiger partial charge is 0.224 e. The van der Waals surface area contributed by atoms with Gasteiger partial charge in [-0.25, -0.2) is 0 Å². The summed E-state index contributed by atoms with van der Waals surface area (Å²) in [6.07, 6.45) is 1.32. The van der Waals surface area contributed by atoms with Crippen LogP contribution in [-0.2, 0) is 19.1 Å². The number of hydrogen-bond donors (Lipinski definition) is 0. The van der Waals surface area contributed by atoms with Crippen molar-refractivity contribution >= 4 is 27.7 Å². The predicted octanol–water partition coefficient (Wildman–Crippen LogP) is 2.33. The summed E-state index contributed by atoms with van der Waals surface area (Å²) in [5, 5.41) is 0. The molecule has 0 N–H and O–H groups in total. The topological polar surface area (TPSA) is 68.3 Å². The third-order valence-corrected chi connectivity index (χ3v) is 5.91. The molecule has 3 rings (SSSR count). The highest BCUT2D eigenvalue weighted by Gasteiger charge is 2.35. The number of likely N-dealkylation sites (tertiary alicyclic amines) is 1. The van der Waals surface area contributed by atoms with Crippen LogP contribution in [0.4, 0.5) is 0 Å². The van der Waals surface area contributed by atoms with Crippen molar-refractivity contribution in [2.75, 3.05) is 53.1 Å². The Bertz CT molecular complexity index is 695. The number of methoxy groups -OCH3 is 1. The molecule has 0 aliphatic carbocycles. The third-order valence-electron chi connectivity index (χ3n) is 5.42. The molecule has 0 radical (unpaired) electrons. The molecule has 0 spiro atoms. The molecule has 2 aliphatic heterocycles. The Balaban J connectivity index is 1.68. The van der Waals surface area contributed by atoms with Crippen molar-refractivity contribution in [3.05, 3.63) is 28.7 Å². The molecule has 2 saturated heterocycles. The van der Waals surface area contributed by atoms with Gasteiger partial charge in [0, 0.05) is 56.5 Å². The summed E-state index contributed by atoms with van der Waals surface area (Å²) in [6, 6.07) is 7.72. The van der Waals surface area contributed by atoms with E-state index >= 15 is 0 Å². The quantitative estimate of drug-likeness (QED) is 0.614. The predicted molar refractivity (Wildman–Crippen MR) is 112 cm³/mol. The zero-order chi connectivity index (χ0) is 20.6. The fourth-order valence-electron chi connectivity index (χ4n) is 3.82. The number of carbonyl (C=O) groups is 2. The Morgan fingerprint density at radius 1 is 1.17 bits per heavy atom. The lowest BCUT2D eigenvalue weighted by atomic mass is 9.90. The molecule has 8 heteroatoms. The first kappa shape index (κ1) is 22.1. The average molecular weight is 469 g/mol. The van der Waals surface area contributed by atoms with Gasteiger partial charge in [0.15, 0.2) is 0 Å². The zero-order valence-corrected chi connectivity index (χ0v) is 18.4. The number of amides is 2. The lowest BCUT2D eigenvalue weighted by Crippen LogP contribution is -2.50. The first-order chi connectivity index (χ1) is 14.1. The summed E-state index contributed by atoms with van der Waals surface area (Å²) in [5.74, 6) is 0.890. The van der Waals surface area contributed by atoms with Crippen molar-refractivity contribution in [2.24, 2.45) is 5.92 Å². The molecule has 29 heavy (non-hydrogen) atoms. The molecule has 7 nitrogen and oxygen atoms in total. The molecule has 160 valence electrons. The van der Waals surface area contributed by atoms with E-state index in [2.05, 4.69) is 15.9 Å². The van der Waals surface area contributed by atoms with Gasteiger partial charge in [0.1, 0.15) is 11.9 Å². The maximum Gasteiger partial charge on any atom is 0.224 e. The van der Waals surface area contributed by atoms with E-state index in [-0.39, 0.29) is 23.8 Å². The molecule has 2 aliphatic rings. The standard InChI is InChI=1S/C21H29BrN2O5/c1-27-10-6-20(25)24-7-5-19(29-18-4-2-3-17(22)14-18)16(15-24)13-21(26)23-8-11-28-12-9-23/h2-4,14,16,19H,5-13,15H2,1H3/t16-,19-/m0/s1. The van der Waals surface area contributed by atoms with Crippen LogP contribution in [0.25, 0.3) is 0 Å². The van der Waals surface area contributed by atoms with E-state index in [1.807, 2.05) is 34.1 Å². The first-order valence-corrected chi connectivity index (χ1v) is 10.9. The van der Waals surface area contributed by atoms with Crippen LogP contribution in [0, 0.1) is 5.92 Å². The monoisotopic (exact) mass is 468 g/mol. The van der Waals surface area contributed by atoms with Gasteiger partial charge >= 0.3 is 0 Å². The fourth-order valence-corrected chi connectivity index (χ4v) is 4.20. The lowest BCUT2D eigenvalue weighted by Gasteiger charge is -2.39. The molecular formula is C21H29BrN2O5. The molecule has 1 aromatic rings. The van der Waals surface area contributed by atoms with E-state index < -0.39 is 0 Å². The van der Waals surface area contributed by atoms with E-state index in [9.17, 15) is 9.59 Å². The van der Waals surface area contributed by atoms with Crippen molar-refractivity contribution in [3.8, 4) is 5.75 Å². The van der Waals surface area contributed by atoms with E-state index in [1.54, 1.807) is 7.11 Å². The van der Waals surface area contributed by atoms with Gasteiger partial charge in [-0.15, -0.1) is 0 Å². The molecular weight excluding hydrogens is 440 g/mol. The first-order valence-electron chi connectivity index (χ1n) is 10.1. The van der Waals surface area contributed by atoms with Crippen molar-refractivity contribution in [2.45, 2.75) is 25.4 Å². The summed E-state index contributed by atoms with van der Waals surface area (Å²) in [4.78, 5) is 29.0. The Morgan fingerprint density at radius 3 is 2.69 bits per heavy atom. The SMILES string of the molecule is COCCC(=O)N1CC[C@H](Oc2cccc(Br)c2)[C@@H](CC(=O)N2CCOCC2)C1. The van der Waals surface area contributed by atoms with Crippen LogP contribution in [0.15, 0.2) is 28.7 Å². The lowest BCUT2D eigenvalue weighted by molar-refractivity contribution is -0.141. The van der Waals surface area contributed by atoms with Gasteiger partial charge in [-0.2, -0.15) is 0 Å². The molecule has 0 saturated carbocycles. The molecule has 0 aromatic heterocycles. The normalized spacial score (nSPS) is 22.4. The van der Waals surface area contributed by atoms with Crippen LogP contribution in [0.1, 0.15) is 19.3 Å². The van der Waals surface area contributed by atoms with Crippen LogP contribution in [0.3, 0.4) is 0 Å². The molecule has 1 aromatic carbocycles. The van der Waals surface area contributed by atoms with E-state index in [0.29, 0.717) is 65.3 Å². The van der Waals surface area contributed by atoms with E-state index in [0.717, 1.165) is 10.2 Å². The summed E-state index contributed by atoms with van der Waals surface area (Å²) in [5.41, 5.74) is 0. The van der Waals surface area contributed by atoms with Crippen molar-refractivity contribution in [1.82, 2.24) is 9.80 Å². The van der Waals surface area contributed by atoms with Crippen molar-refractivity contribution in [1.29, 1.82) is 0 Å². The Kier molecular flexibility index (Phi) is 8.32. The van der Waals surface area contributed by atoms with Crippen LogP contribution in [0.2, 0.25) is 0 Å². The fraction of sp³-hybridized carbons (Fsp3) is 0.619. The minimum atomic E-state index is -0.110. The van der Waals surface area contributed by atoms with Crippen LogP contribution in [0.5, 0.6) is 5.75 Å². The van der Waals surface area contributed by atoms with Crippen LogP contribution in [-0.4, -0.2) is 80.8 Å². The number of hydrogen-bond acceptors (Lipinski definition) is 5. The maximum absolute atomic E-state index is 12.9. The summed E-state index contributed by atoms with van der Waals surface area (Å²) in [6.45, 7) is 3.97. The molecule has 2 heterocycles. The number of rotatable bonds is 7. The second-order valence-electron chi connectivity index (χ2n) is 7.44. The maximum atomic E-state index is 12.9. The van der Waals surface area contributed by atoms with Crippen LogP contribution >= 0.6 is 15.9 Å². The van der Waals surface area contributed by atoms with Gasteiger partial charge in [-0.3, -0.25) is 9.59 Å². The van der Waals surface area contributed by atoms with Gasteiger partial charge in [0.25, 0.3) is 0 Å². The molecule has 2 fully saturated rings. The zero-order valence-electron chi connectivity index (χ0n) is 16.8. The number of ether oxygens (including phenoxy) is 3. The summed E-state index contributed by atoms with van der Waals surface area (Å²) < 4.78 is 17.6. The van der Waals surface area contributed by atoms with E-state index in [4.69, 9.17) is 14.2 Å². The second-order valence-corrected chi connectivity index (χ2v) is 8.36. The summed E-state index contributed by atoms with van der Waals surface area (Å²) in [7, 11) is 1.59. The Labute approximate surface area is 180 Å². The number of piperidine rings is 1. The minimum absolute atomic E-state index is 0.0513. The van der Waals surface area contributed by atoms with Gasteiger partial charge in [-0.1, -0.05) is 22.0 Å². The highest BCUT2D eigenvalue weighted by atomic mass is 79.9. The molecule has 0 unspecified atom stereocenters. The number of halogens is 1. The largest absolute Gasteiger partial charge is 0.490 e. The summed E-state index contributed by atoms with van der Waals surface area (Å²) >= 11 is 3.47. The van der Waals surface area contributed by atoms with E-state index in [1.165, 1.54) is 0 Å². The van der Waals surface area contributed by atoms with Gasteiger partial charge in [0.2, 0.25) is 11.8 Å². The molecule has 0 bridgehead atoms.